The Hall–Kier alpha value is -2.81. The molecule has 9 heteroatoms. The van der Waals surface area contributed by atoms with E-state index in [9.17, 15) is 18.8 Å². The molecule has 3 amide bonds. The van der Waals surface area contributed by atoms with Gasteiger partial charge in [0.1, 0.15) is 11.6 Å². The normalized spacial score (nSPS) is 10.0. The topological polar surface area (TPSA) is 100 Å². The highest BCUT2D eigenvalue weighted by molar-refractivity contribution is 8.00. The maximum atomic E-state index is 12.7. The monoisotopic (exact) mass is 351 g/mol. The van der Waals surface area contributed by atoms with Gasteiger partial charge in [-0.05, 0) is 36.4 Å². The van der Waals surface area contributed by atoms with E-state index in [0.29, 0.717) is 10.7 Å². The van der Waals surface area contributed by atoms with Gasteiger partial charge in [0.2, 0.25) is 5.91 Å². The van der Waals surface area contributed by atoms with Crippen molar-refractivity contribution in [3.8, 4) is 0 Å². The largest absolute Gasteiger partial charge is 0.467 e. The number of rotatable bonds is 5. The van der Waals surface area contributed by atoms with E-state index in [1.54, 1.807) is 12.1 Å². The average molecular weight is 351 g/mol. The lowest BCUT2D eigenvalue weighted by Gasteiger charge is -2.07. The standard InChI is InChI=1S/C15H14FN3O4S/c16-10-3-5-12(6-4-10)24-9-13(20)18-19-15(22)14(21)17-8-11-2-1-7-23-11/h1-7H,8-9H2,(H,17,21)(H,18,20)(H,19,22). The van der Waals surface area contributed by atoms with Gasteiger partial charge in [-0.1, -0.05) is 0 Å². The zero-order valence-electron chi connectivity index (χ0n) is 12.4. The van der Waals surface area contributed by atoms with E-state index < -0.39 is 17.7 Å². The highest BCUT2D eigenvalue weighted by Gasteiger charge is 2.14. The third kappa shape index (κ3) is 5.76. The van der Waals surface area contributed by atoms with Gasteiger partial charge < -0.3 is 9.73 Å². The van der Waals surface area contributed by atoms with Crippen molar-refractivity contribution in [3.63, 3.8) is 0 Å². The molecule has 0 spiro atoms. The number of carbonyl (C=O) groups excluding carboxylic acids is 3. The van der Waals surface area contributed by atoms with Crippen LogP contribution in [0.15, 0.2) is 52.0 Å². The Morgan fingerprint density at radius 1 is 1.04 bits per heavy atom. The molecule has 0 fully saturated rings. The van der Waals surface area contributed by atoms with E-state index in [-0.39, 0.29) is 18.1 Å². The Bertz CT molecular complexity index is 704. The van der Waals surface area contributed by atoms with E-state index in [0.717, 1.165) is 11.8 Å². The minimum Gasteiger partial charge on any atom is -0.467 e. The van der Waals surface area contributed by atoms with Crippen molar-refractivity contribution in [2.24, 2.45) is 0 Å². The summed E-state index contributed by atoms with van der Waals surface area (Å²) in [6.07, 6.45) is 1.45. The molecule has 2 rings (SSSR count). The van der Waals surface area contributed by atoms with E-state index in [2.05, 4.69) is 10.7 Å². The van der Waals surface area contributed by atoms with E-state index in [1.165, 1.54) is 30.5 Å². The molecular weight excluding hydrogens is 337 g/mol. The van der Waals surface area contributed by atoms with Crippen LogP contribution < -0.4 is 16.2 Å². The molecule has 0 atom stereocenters. The van der Waals surface area contributed by atoms with Gasteiger partial charge in [-0.15, -0.1) is 11.8 Å². The predicted molar refractivity (Wildman–Crippen MR) is 84.0 cm³/mol. The molecule has 0 bridgehead atoms. The highest BCUT2D eigenvalue weighted by Crippen LogP contribution is 2.17. The summed E-state index contributed by atoms with van der Waals surface area (Å²) in [7, 11) is 0. The maximum Gasteiger partial charge on any atom is 0.327 e. The first-order chi connectivity index (χ1) is 11.5. The van der Waals surface area contributed by atoms with Crippen molar-refractivity contribution in [2.45, 2.75) is 11.4 Å². The first-order valence-electron chi connectivity index (χ1n) is 6.82. The number of hydrazine groups is 1. The average Bonchev–Trinajstić information content (AvgIpc) is 3.10. The van der Waals surface area contributed by atoms with Gasteiger partial charge in [0.25, 0.3) is 0 Å². The summed E-state index contributed by atoms with van der Waals surface area (Å²) >= 11 is 1.16. The molecule has 0 aliphatic carbocycles. The highest BCUT2D eigenvalue weighted by atomic mass is 32.2. The number of halogens is 1. The summed E-state index contributed by atoms with van der Waals surface area (Å²) in [6, 6.07) is 8.94. The van der Waals surface area contributed by atoms with Crippen LogP contribution in [0.1, 0.15) is 5.76 Å². The second-order valence-corrected chi connectivity index (χ2v) is 5.56. The molecule has 0 aliphatic rings. The summed E-state index contributed by atoms with van der Waals surface area (Å²) < 4.78 is 17.7. The lowest BCUT2D eigenvalue weighted by molar-refractivity contribution is -0.140. The third-order valence-electron chi connectivity index (χ3n) is 2.71. The number of hydrogen-bond acceptors (Lipinski definition) is 5. The summed E-state index contributed by atoms with van der Waals surface area (Å²) in [5.74, 6) is -2.27. The number of carbonyl (C=O) groups is 3. The van der Waals surface area contributed by atoms with Gasteiger partial charge in [0.15, 0.2) is 0 Å². The van der Waals surface area contributed by atoms with Crippen molar-refractivity contribution in [1.82, 2.24) is 16.2 Å². The van der Waals surface area contributed by atoms with Crippen LogP contribution in [0.4, 0.5) is 4.39 Å². The molecule has 2 aromatic rings. The van der Waals surface area contributed by atoms with Gasteiger partial charge in [-0.2, -0.15) is 0 Å². The fraction of sp³-hybridized carbons (Fsp3) is 0.133. The van der Waals surface area contributed by atoms with Crippen LogP contribution in [0.3, 0.4) is 0 Å². The predicted octanol–water partition coefficient (Wildman–Crippen LogP) is 0.975. The van der Waals surface area contributed by atoms with Crippen LogP contribution in [0.25, 0.3) is 0 Å². The molecule has 126 valence electrons. The van der Waals surface area contributed by atoms with Crippen LogP contribution in [0.5, 0.6) is 0 Å². The minimum absolute atomic E-state index is 0.0000726. The van der Waals surface area contributed by atoms with E-state index in [1.807, 2.05) is 5.43 Å². The lowest BCUT2D eigenvalue weighted by Crippen LogP contribution is -2.48. The first-order valence-corrected chi connectivity index (χ1v) is 7.81. The molecule has 0 saturated heterocycles. The molecule has 1 heterocycles. The first kappa shape index (κ1) is 17.5. The van der Waals surface area contributed by atoms with E-state index >= 15 is 0 Å². The fourth-order valence-corrected chi connectivity index (χ4v) is 2.26. The van der Waals surface area contributed by atoms with Crippen LogP contribution in [-0.4, -0.2) is 23.5 Å². The van der Waals surface area contributed by atoms with Gasteiger partial charge in [0.05, 0.1) is 18.6 Å². The number of thioether (sulfide) groups is 1. The summed E-state index contributed by atoms with van der Waals surface area (Å²) in [5, 5.41) is 2.33. The Kier molecular flexibility index (Phi) is 6.38. The van der Waals surface area contributed by atoms with Crippen LogP contribution in [0.2, 0.25) is 0 Å². The zero-order valence-corrected chi connectivity index (χ0v) is 13.2. The van der Waals surface area contributed by atoms with Gasteiger partial charge >= 0.3 is 11.8 Å². The van der Waals surface area contributed by atoms with E-state index in [4.69, 9.17) is 4.42 Å². The number of hydrogen-bond donors (Lipinski definition) is 3. The second-order valence-electron chi connectivity index (χ2n) is 4.51. The smallest absolute Gasteiger partial charge is 0.327 e. The molecule has 1 aromatic carbocycles. The lowest BCUT2D eigenvalue weighted by atomic mass is 10.4. The number of benzene rings is 1. The Morgan fingerprint density at radius 3 is 2.46 bits per heavy atom. The Morgan fingerprint density at radius 2 is 1.79 bits per heavy atom. The maximum absolute atomic E-state index is 12.7. The van der Waals surface area contributed by atoms with Crippen molar-refractivity contribution < 1.29 is 23.2 Å². The summed E-state index contributed by atoms with van der Waals surface area (Å²) in [5.41, 5.74) is 4.12. The number of amides is 3. The van der Waals surface area contributed by atoms with Crippen LogP contribution >= 0.6 is 11.8 Å². The van der Waals surface area contributed by atoms with Crippen molar-refractivity contribution in [3.05, 3.63) is 54.2 Å². The molecule has 0 aliphatic heterocycles. The second kappa shape index (κ2) is 8.73. The van der Waals surface area contributed by atoms with Crippen molar-refractivity contribution in [2.75, 3.05) is 5.75 Å². The molecule has 3 N–H and O–H groups in total. The van der Waals surface area contributed by atoms with Crippen molar-refractivity contribution in [1.29, 1.82) is 0 Å². The van der Waals surface area contributed by atoms with Crippen LogP contribution in [0, 0.1) is 5.82 Å². The number of nitrogens with one attached hydrogen (secondary N) is 3. The Balaban J connectivity index is 1.65. The quantitative estimate of drug-likeness (QED) is 0.423. The molecule has 0 radical (unpaired) electrons. The molecule has 7 nitrogen and oxygen atoms in total. The minimum atomic E-state index is -0.998. The SMILES string of the molecule is O=C(CSc1ccc(F)cc1)NNC(=O)C(=O)NCc1ccco1. The zero-order chi connectivity index (χ0) is 17.4. The fourth-order valence-electron chi connectivity index (χ4n) is 1.56. The van der Waals surface area contributed by atoms with Gasteiger partial charge in [-0.25, -0.2) is 4.39 Å². The molecule has 1 aromatic heterocycles. The van der Waals surface area contributed by atoms with Crippen molar-refractivity contribution >= 4 is 29.5 Å². The summed E-state index contributed by atoms with van der Waals surface area (Å²) in [6.45, 7) is 0.0631. The molecule has 0 unspecified atom stereocenters. The summed E-state index contributed by atoms with van der Waals surface area (Å²) in [4.78, 5) is 35.3. The third-order valence-corrected chi connectivity index (χ3v) is 3.72. The van der Waals surface area contributed by atoms with Crippen LogP contribution in [-0.2, 0) is 20.9 Å². The Labute approximate surface area is 141 Å². The van der Waals surface area contributed by atoms with Gasteiger partial charge in [0, 0.05) is 4.90 Å². The number of furan rings is 1. The van der Waals surface area contributed by atoms with Gasteiger partial charge in [-0.3, -0.25) is 25.2 Å². The molecule has 0 saturated carbocycles. The molecule has 24 heavy (non-hydrogen) atoms. The molecular formula is C15H14FN3O4S.